The summed E-state index contributed by atoms with van der Waals surface area (Å²) in [5.41, 5.74) is 18.2. The van der Waals surface area contributed by atoms with Crippen LogP contribution in [0.5, 0.6) is 5.75 Å². The molecule has 8 nitrogen and oxygen atoms in total. The SMILES string of the molecule is Cc1ccc(N(c2ccc(C)cc2)c2ccc(CCc3ccc(NC(=O)c4cc5ccc6c7ccccc7[nH]c6c5c(N=Nc5ccc(CN)cc5)c4O)cc3)cc2)cc1. The topological polar surface area (TPSA) is 119 Å². The number of benzene rings is 8. The van der Waals surface area contributed by atoms with Gasteiger partial charge in [0.15, 0.2) is 5.75 Å². The maximum absolute atomic E-state index is 13.9. The third kappa shape index (κ3) is 7.72. The molecule has 0 aliphatic heterocycles. The van der Waals surface area contributed by atoms with Crippen molar-refractivity contribution in [1.82, 2.24) is 4.98 Å². The van der Waals surface area contributed by atoms with Gasteiger partial charge in [0.2, 0.25) is 0 Å². The highest BCUT2D eigenvalue weighted by Crippen LogP contribution is 2.44. The second-order valence-corrected chi connectivity index (χ2v) is 15.3. The molecule has 0 radical (unpaired) electrons. The summed E-state index contributed by atoms with van der Waals surface area (Å²) in [6.45, 7) is 4.63. The van der Waals surface area contributed by atoms with Crippen molar-refractivity contribution >= 4 is 72.6 Å². The first-order valence-corrected chi connectivity index (χ1v) is 20.1. The van der Waals surface area contributed by atoms with Crippen molar-refractivity contribution in [3.63, 3.8) is 0 Å². The highest BCUT2D eigenvalue weighted by atomic mass is 16.3. The number of aryl methyl sites for hydroxylation is 4. The highest BCUT2D eigenvalue weighted by Gasteiger charge is 2.22. The quantitative estimate of drug-likeness (QED) is 0.0976. The number of H-pyrrole nitrogens is 1. The van der Waals surface area contributed by atoms with Crippen LogP contribution < -0.4 is 16.0 Å². The minimum absolute atomic E-state index is 0.0984. The fraction of sp³-hybridized carbons (Fsp3) is 0.0962. The van der Waals surface area contributed by atoms with Gasteiger partial charge in [-0.1, -0.05) is 102 Å². The molecular formula is C52H44N6O2. The highest BCUT2D eigenvalue weighted by molar-refractivity contribution is 6.22. The van der Waals surface area contributed by atoms with Crippen LogP contribution in [0.25, 0.3) is 32.6 Å². The number of nitrogens with zero attached hydrogens (tertiary/aromatic N) is 3. The van der Waals surface area contributed by atoms with E-state index in [0.29, 0.717) is 23.3 Å². The van der Waals surface area contributed by atoms with Crippen LogP contribution in [0.1, 0.15) is 38.2 Å². The summed E-state index contributed by atoms with van der Waals surface area (Å²) in [5, 5.41) is 27.3. The Bertz CT molecular complexity index is 2960. The van der Waals surface area contributed by atoms with Crippen LogP contribution in [0.3, 0.4) is 0 Å². The molecule has 5 N–H and O–H groups in total. The Morgan fingerprint density at radius 1 is 0.650 bits per heavy atom. The Morgan fingerprint density at radius 2 is 1.22 bits per heavy atom. The van der Waals surface area contributed by atoms with Gasteiger partial charge in [-0.2, -0.15) is 5.11 Å². The second kappa shape index (κ2) is 16.4. The maximum Gasteiger partial charge on any atom is 0.259 e. The number of aromatic nitrogens is 1. The van der Waals surface area contributed by atoms with Crippen molar-refractivity contribution in [2.75, 3.05) is 10.2 Å². The van der Waals surface area contributed by atoms with Crippen molar-refractivity contribution in [3.8, 4) is 5.75 Å². The number of phenols is 1. The zero-order valence-electron chi connectivity index (χ0n) is 33.5. The summed E-state index contributed by atoms with van der Waals surface area (Å²) in [6, 6.07) is 55.0. The molecule has 0 atom stereocenters. The first-order valence-electron chi connectivity index (χ1n) is 20.1. The summed E-state index contributed by atoms with van der Waals surface area (Å²) in [6.07, 6.45) is 1.70. The van der Waals surface area contributed by atoms with Crippen LogP contribution in [0, 0.1) is 13.8 Å². The lowest BCUT2D eigenvalue weighted by molar-refractivity contribution is 0.102. The molecule has 0 saturated heterocycles. The fourth-order valence-corrected chi connectivity index (χ4v) is 7.75. The van der Waals surface area contributed by atoms with E-state index in [4.69, 9.17) is 5.73 Å². The Balaban J connectivity index is 0.935. The molecule has 0 spiro atoms. The standard InChI is InChI=1S/C52H44N6O2/c1-33-7-24-41(25-8-33)58(42-26-9-34(2)10-27-42)43-28-17-36(18-29-43)12-11-35-13-20-39(21-14-35)54-52(60)46-31-38-19-30-45-44-5-3-4-6-47(44)55-49(45)48(38)50(51(46)59)57-56-40-22-15-37(32-53)16-23-40/h3-10,13-31,55,59H,11-12,32,53H2,1-2H3,(H,54,60). The zero-order valence-corrected chi connectivity index (χ0v) is 33.5. The Kier molecular flexibility index (Phi) is 10.4. The van der Waals surface area contributed by atoms with Crippen LogP contribution in [0.4, 0.5) is 34.1 Å². The van der Waals surface area contributed by atoms with E-state index in [1.807, 2.05) is 78.9 Å². The number of para-hydroxylation sites is 1. The molecule has 0 aliphatic rings. The van der Waals surface area contributed by atoms with Gasteiger partial charge >= 0.3 is 0 Å². The summed E-state index contributed by atoms with van der Waals surface area (Å²) >= 11 is 0. The number of rotatable bonds is 11. The molecule has 1 aromatic heterocycles. The van der Waals surface area contributed by atoms with Gasteiger partial charge in [-0.3, -0.25) is 4.79 Å². The van der Waals surface area contributed by atoms with Gasteiger partial charge < -0.3 is 26.0 Å². The Morgan fingerprint density at radius 3 is 1.83 bits per heavy atom. The predicted octanol–water partition coefficient (Wildman–Crippen LogP) is 13.2. The number of phenolic OH excluding ortho intramolecular Hbond substituents is 1. The van der Waals surface area contributed by atoms with Crippen molar-refractivity contribution in [2.45, 2.75) is 33.2 Å². The molecule has 60 heavy (non-hydrogen) atoms. The fourth-order valence-electron chi connectivity index (χ4n) is 7.75. The van der Waals surface area contributed by atoms with Crippen molar-refractivity contribution in [3.05, 3.63) is 197 Å². The zero-order chi connectivity index (χ0) is 41.2. The smallest absolute Gasteiger partial charge is 0.259 e. The summed E-state index contributed by atoms with van der Waals surface area (Å²) < 4.78 is 0. The second-order valence-electron chi connectivity index (χ2n) is 15.3. The predicted molar refractivity (Wildman–Crippen MR) is 246 cm³/mol. The minimum atomic E-state index is -0.451. The molecule has 8 aromatic carbocycles. The Labute approximate surface area is 348 Å². The molecule has 9 rings (SSSR count). The molecule has 0 bridgehead atoms. The number of hydrogen-bond acceptors (Lipinski definition) is 6. The van der Waals surface area contributed by atoms with Crippen LogP contribution in [0.15, 0.2) is 174 Å². The van der Waals surface area contributed by atoms with E-state index in [1.165, 1.54) is 16.7 Å². The van der Waals surface area contributed by atoms with Crippen molar-refractivity contribution in [1.29, 1.82) is 0 Å². The number of carbonyl (C=O) groups is 1. The number of nitrogens with one attached hydrogen (secondary N) is 2. The monoisotopic (exact) mass is 784 g/mol. The third-order valence-electron chi connectivity index (χ3n) is 11.1. The van der Waals surface area contributed by atoms with Crippen molar-refractivity contribution < 1.29 is 9.90 Å². The van der Waals surface area contributed by atoms with E-state index in [1.54, 1.807) is 6.07 Å². The number of azo groups is 1. The van der Waals surface area contributed by atoms with Gasteiger partial charge in [0.05, 0.1) is 16.8 Å². The van der Waals surface area contributed by atoms with E-state index < -0.39 is 5.91 Å². The largest absolute Gasteiger partial charge is 0.505 e. The molecule has 0 fully saturated rings. The normalized spacial score (nSPS) is 11.5. The summed E-state index contributed by atoms with van der Waals surface area (Å²) in [7, 11) is 0. The van der Waals surface area contributed by atoms with E-state index in [0.717, 1.165) is 68.2 Å². The molecule has 8 heteroatoms. The lowest BCUT2D eigenvalue weighted by Gasteiger charge is -2.26. The molecule has 0 saturated carbocycles. The number of fused-ring (bicyclic) bond motifs is 5. The minimum Gasteiger partial charge on any atom is -0.505 e. The number of anilines is 4. The first-order chi connectivity index (χ1) is 29.3. The number of aromatic hydroxyl groups is 1. The molecule has 1 heterocycles. The molecule has 294 valence electrons. The molecular weight excluding hydrogens is 741 g/mol. The number of nitrogens with two attached hydrogens (primary N) is 1. The lowest BCUT2D eigenvalue weighted by atomic mass is 10.00. The average Bonchev–Trinajstić information content (AvgIpc) is 3.66. The van der Waals surface area contributed by atoms with Gasteiger partial charge in [0, 0.05) is 51.0 Å². The molecule has 1 amide bonds. The summed E-state index contributed by atoms with van der Waals surface area (Å²) in [5.74, 6) is -0.704. The number of carbonyl (C=O) groups excluding carboxylic acids is 1. The molecule has 9 aromatic rings. The van der Waals surface area contributed by atoms with E-state index >= 15 is 0 Å². The molecule has 0 aliphatic carbocycles. The van der Waals surface area contributed by atoms with E-state index in [-0.39, 0.29) is 17.0 Å². The van der Waals surface area contributed by atoms with E-state index in [2.05, 4.69) is 118 Å². The first kappa shape index (κ1) is 38.0. The Hall–Kier alpha value is -7.55. The van der Waals surface area contributed by atoms with Crippen LogP contribution in [0.2, 0.25) is 0 Å². The summed E-state index contributed by atoms with van der Waals surface area (Å²) in [4.78, 5) is 19.7. The van der Waals surface area contributed by atoms with Gasteiger partial charge in [-0.15, -0.1) is 5.11 Å². The van der Waals surface area contributed by atoms with Gasteiger partial charge in [0.1, 0.15) is 5.69 Å². The van der Waals surface area contributed by atoms with Crippen LogP contribution >= 0.6 is 0 Å². The van der Waals surface area contributed by atoms with Gasteiger partial charge in [-0.05, 0) is 122 Å². The average molecular weight is 785 g/mol. The van der Waals surface area contributed by atoms with Crippen LogP contribution in [-0.4, -0.2) is 16.0 Å². The third-order valence-corrected chi connectivity index (χ3v) is 11.1. The maximum atomic E-state index is 13.9. The van der Waals surface area contributed by atoms with Gasteiger partial charge in [0.25, 0.3) is 5.91 Å². The van der Waals surface area contributed by atoms with Crippen molar-refractivity contribution in [2.24, 2.45) is 16.0 Å². The molecule has 0 unspecified atom stereocenters. The van der Waals surface area contributed by atoms with Crippen LogP contribution in [-0.2, 0) is 19.4 Å². The van der Waals surface area contributed by atoms with Gasteiger partial charge in [-0.25, -0.2) is 0 Å². The number of aromatic amines is 1. The van der Waals surface area contributed by atoms with E-state index in [9.17, 15) is 9.90 Å². The number of hydrogen-bond donors (Lipinski definition) is 4. The number of amides is 1. The lowest BCUT2D eigenvalue weighted by Crippen LogP contribution is -2.12.